The van der Waals surface area contributed by atoms with Crippen LogP contribution in [0, 0.1) is 0 Å². The predicted molar refractivity (Wildman–Crippen MR) is 136 cm³/mol. The van der Waals surface area contributed by atoms with Gasteiger partial charge in [-0.2, -0.15) is 4.31 Å². The van der Waals surface area contributed by atoms with Crippen LogP contribution in [0.2, 0.25) is 0 Å². The molecule has 0 aliphatic carbocycles. The second-order valence-corrected chi connectivity index (χ2v) is 10.5. The van der Waals surface area contributed by atoms with Crippen molar-refractivity contribution >= 4 is 38.4 Å². The largest absolute Gasteiger partial charge is 0.454 e. The molecule has 0 unspecified atom stereocenters. The second-order valence-electron chi connectivity index (χ2n) is 8.56. The first-order valence-corrected chi connectivity index (χ1v) is 13.5. The van der Waals surface area contributed by atoms with Crippen molar-refractivity contribution in [3.63, 3.8) is 0 Å². The Bertz CT molecular complexity index is 1320. The van der Waals surface area contributed by atoms with Gasteiger partial charge in [0.15, 0.2) is 6.61 Å². The number of ketones is 1. The standard InChI is InChI=1S/C26H31N3O5S/c1-3-29(4-2)35(32,33)19-12-13-24(28-14-8-5-9-15-28)21(16-19)26(31)34-18-25(30)22-17-27-23-11-7-6-10-20(22)23/h6-7,10-13,16-17,27H,3-5,8-9,14-15,18H2,1-2H3. The number of carbonyl (C=O) groups is 2. The molecule has 2 aromatic carbocycles. The van der Waals surface area contributed by atoms with Crippen molar-refractivity contribution < 1.29 is 22.7 Å². The molecule has 8 nitrogen and oxygen atoms in total. The highest BCUT2D eigenvalue weighted by Crippen LogP contribution is 2.29. The number of hydrogen-bond donors (Lipinski definition) is 1. The second kappa shape index (κ2) is 10.6. The molecule has 2 heterocycles. The molecule has 9 heteroatoms. The van der Waals surface area contributed by atoms with E-state index in [4.69, 9.17) is 4.74 Å². The van der Waals surface area contributed by atoms with Gasteiger partial charge in [0.2, 0.25) is 15.8 Å². The van der Waals surface area contributed by atoms with E-state index in [1.807, 2.05) is 24.3 Å². The summed E-state index contributed by atoms with van der Waals surface area (Å²) in [6.07, 6.45) is 4.71. The minimum atomic E-state index is -3.76. The van der Waals surface area contributed by atoms with E-state index >= 15 is 0 Å². The summed E-state index contributed by atoms with van der Waals surface area (Å²) in [5.41, 5.74) is 2.06. The summed E-state index contributed by atoms with van der Waals surface area (Å²) in [4.78, 5) is 31.2. The first kappa shape index (κ1) is 24.9. The molecule has 0 saturated carbocycles. The number of hydrogen-bond acceptors (Lipinski definition) is 6. The number of aromatic nitrogens is 1. The van der Waals surface area contributed by atoms with Crippen LogP contribution < -0.4 is 4.90 Å². The van der Waals surface area contributed by atoms with Crippen molar-refractivity contribution in [3.8, 4) is 0 Å². The van der Waals surface area contributed by atoms with Crippen LogP contribution in [0.3, 0.4) is 0 Å². The zero-order valence-electron chi connectivity index (χ0n) is 20.1. The number of carbonyl (C=O) groups excluding carboxylic acids is 2. The van der Waals surface area contributed by atoms with Crippen molar-refractivity contribution in [2.24, 2.45) is 0 Å². The highest BCUT2D eigenvalue weighted by Gasteiger charge is 2.27. The van der Waals surface area contributed by atoms with Gasteiger partial charge in [0, 0.05) is 48.8 Å². The maximum absolute atomic E-state index is 13.2. The summed E-state index contributed by atoms with van der Waals surface area (Å²) >= 11 is 0. The molecule has 4 rings (SSSR count). The molecule has 0 spiro atoms. The zero-order valence-corrected chi connectivity index (χ0v) is 20.9. The average Bonchev–Trinajstić information content (AvgIpc) is 3.32. The molecule has 1 fully saturated rings. The van der Waals surface area contributed by atoms with Crippen molar-refractivity contribution in [1.82, 2.24) is 9.29 Å². The van der Waals surface area contributed by atoms with Crippen molar-refractivity contribution in [1.29, 1.82) is 0 Å². The van der Waals surface area contributed by atoms with Gasteiger partial charge in [0.1, 0.15) is 0 Å². The number of ether oxygens (including phenoxy) is 1. The van der Waals surface area contributed by atoms with E-state index in [2.05, 4.69) is 9.88 Å². The Labute approximate surface area is 205 Å². The first-order valence-electron chi connectivity index (χ1n) is 12.0. The number of para-hydroxylation sites is 1. The molecule has 0 radical (unpaired) electrons. The molecule has 3 aromatic rings. The number of aromatic amines is 1. The highest BCUT2D eigenvalue weighted by atomic mass is 32.2. The molecule has 1 aromatic heterocycles. The first-order chi connectivity index (χ1) is 16.9. The van der Waals surface area contributed by atoms with Crippen molar-refractivity contribution in [3.05, 3.63) is 59.8 Å². The van der Waals surface area contributed by atoms with Crippen LogP contribution in [0.4, 0.5) is 5.69 Å². The number of fused-ring (bicyclic) bond motifs is 1. The van der Waals surface area contributed by atoms with E-state index in [0.29, 0.717) is 24.3 Å². The van der Waals surface area contributed by atoms with Gasteiger partial charge in [0.25, 0.3) is 0 Å². The van der Waals surface area contributed by atoms with Gasteiger partial charge < -0.3 is 14.6 Å². The van der Waals surface area contributed by atoms with E-state index in [1.54, 1.807) is 32.2 Å². The summed E-state index contributed by atoms with van der Waals surface area (Å²) in [6.45, 7) is 5.31. The van der Waals surface area contributed by atoms with Crippen molar-refractivity contribution in [2.45, 2.75) is 38.0 Å². The number of nitrogens with one attached hydrogen (secondary N) is 1. The van der Waals surface area contributed by atoms with Crippen LogP contribution >= 0.6 is 0 Å². The van der Waals surface area contributed by atoms with Crippen LogP contribution in [0.1, 0.15) is 53.8 Å². The number of benzene rings is 2. The lowest BCUT2D eigenvalue weighted by atomic mass is 10.1. The highest BCUT2D eigenvalue weighted by molar-refractivity contribution is 7.89. The molecule has 0 bridgehead atoms. The average molecular weight is 498 g/mol. The molecule has 1 aliphatic rings. The van der Waals surface area contributed by atoms with Gasteiger partial charge in [0.05, 0.1) is 16.1 Å². The van der Waals surface area contributed by atoms with Gasteiger partial charge in [-0.15, -0.1) is 0 Å². The number of rotatable bonds is 9. The maximum atomic E-state index is 13.2. The van der Waals surface area contributed by atoms with Crippen LogP contribution in [-0.2, 0) is 14.8 Å². The van der Waals surface area contributed by atoms with Gasteiger partial charge in [-0.05, 0) is 43.5 Å². The van der Waals surface area contributed by atoms with E-state index in [0.717, 1.165) is 43.3 Å². The lowest BCUT2D eigenvalue weighted by Crippen LogP contribution is -2.32. The van der Waals surface area contributed by atoms with Crippen molar-refractivity contribution in [2.75, 3.05) is 37.7 Å². The number of H-pyrrole nitrogens is 1. The Morgan fingerprint density at radius 2 is 1.71 bits per heavy atom. The lowest BCUT2D eigenvalue weighted by Gasteiger charge is -2.30. The Morgan fingerprint density at radius 1 is 1.00 bits per heavy atom. The number of piperidine rings is 1. The molecule has 1 aliphatic heterocycles. The molecule has 1 saturated heterocycles. The SMILES string of the molecule is CCN(CC)S(=O)(=O)c1ccc(N2CCCCC2)c(C(=O)OCC(=O)c2c[nH]c3ccccc23)c1. The predicted octanol–water partition coefficient (Wildman–Crippen LogP) is 4.23. The van der Waals surface area contributed by atoms with Gasteiger partial charge in [-0.1, -0.05) is 32.0 Å². The minimum absolute atomic E-state index is 0.0388. The van der Waals surface area contributed by atoms with E-state index in [9.17, 15) is 18.0 Å². The maximum Gasteiger partial charge on any atom is 0.340 e. The fourth-order valence-electron chi connectivity index (χ4n) is 4.55. The zero-order chi connectivity index (χ0) is 25.0. The van der Waals surface area contributed by atoms with Gasteiger partial charge >= 0.3 is 5.97 Å². The number of anilines is 1. The smallest absolute Gasteiger partial charge is 0.340 e. The fourth-order valence-corrected chi connectivity index (χ4v) is 6.04. The van der Waals surface area contributed by atoms with E-state index in [1.165, 1.54) is 10.4 Å². The fraction of sp³-hybridized carbons (Fsp3) is 0.385. The lowest BCUT2D eigenvalue weighted by molar-refractivity contribution is 0.0475. The number of Topliss-reactive ketones (excluding diaryl/α,β-unsaturated/α-hetero) is 1. The third-order valence-corrected chi connectivity index (χ3v) is 8.50. The third-order valence-electron chi connectivity index (χ3n) is 6.45. The molecule has 0 amide bonds. The van der Waals surface area contributed by atoms with Crippen LogP contribution in [-0.4, -0.2) is 62.2 Å². The van der Waals surface area contributed by atoms with E-state index < -0.39 is 22.6 Å². The summed E-state index contributed by atoms with van der Waals surface area (Å²) in [6, 6.07) is 12.0. The Morgan fingerprint density at radius 3 is 2.43 bits per heavy atom. The summed E-state index contributed by atoms with van der Waals surface area (Å²) < 4.78 is 33.0. The summed E-state index contributed by atoms with van der Waals surface area (Å²) in [7, 11) is -3.76. The van der Waals surface area contributed by atoms with E-state index in [-0.39, 0.29) is 16.2 Å². The minimum Gasteiger partial charge on any atom is -0.454 e. The Balaban J connectivity index is 1.62. The monoisotopic (exact) mass is 497 g/mol. The number of esters is 1. The summed E-state index contributed by atoms with van der Waals surface area (Å²) in [5, 5.41) is 0.759. The molecule has 1 N–H and O–H groups in total. The molecule has 35 heavy (non-hydrogen) atoms. The van der Waals surface area contributed by atoms with Gasteiger partial charge in [-0.25, -0.2) is 13.2 Å². The Hall–Kier alpha value is -3.17. The molecular weight excluding hydrogens is 466 g/mol. The number of nitrogens with zero attached hydrogens (tertiary/aromatic N) is 2. The van der Waals surface area contributed by atoms with Gasteiger partial charge in [-0.3, -0.25) is 4.79 Å². The third kappa shape index (κ3) is 5.11. The van der Waals surface area contributed by atoms with Crippen LogP contribution in [0.5, 0.6) is 0 Å². The number of sulfonamides is 1. The van der Waals surface area contributed by atoms with Crippen LogP contribution in [0.15, 0.2) is 53.6 Å². The topological polar surface area (TPSA) is 99.8 Å². The summed E-state index contributed by atoms with van der Waals surface area (Å²) in [5.74, 6) is -1.04. The normalized spacial score (nSPS) is 14.4. The Kier molecular flexibility index (Phi) is 7.57. The van der Waals surface area contributed by atoms with Crippen LogP contribution in [0.25, 0.3) is 10.9 Å². The quantitative estimate of drug-likeness (QED) is 0.351. The molecule has 0 atom stereocenters. The molecular formula is C26H31N3O5S. The molecule has 186 valence electrons.